The molecule has 1 aromatic carbocycles. The van der Waals surface area contributed by atoms with E-state index in [4.69, 9.17) is 9.47 Å². The van der Waals surface area contributed by atoms with E-state index < -0.39 is 5.54 Å². The standard InChI is InChI=1S/C23H32N2O5/c1-17-8-12-23(13-9-17,22(28)29-2)24-21(27)18-10-14-25(15-11-18)20(26)16-30-19-6-4-3-5-7-19/h3-7,17-18H,8-16H2,1-2H3,(H,24,27). The molecule has 1 heterocycles. The number of hydrogen-bond donors (Lipinski definition) is 1. The predicted molar refractivity (Wildman–Crippen MR) is 112 cm³/mol. The molecule has 1 aliphatic carbocycles. The van der Waals surface area contributed by atoms with Gasteiger partial charge in [0.2, 0.25) is 5.91 Å². The van der Waals surface area contributed by atoms with Gasteiger partial charge in [-0.05, 0) is 56.6 Å². The number of rotatable bonds is 6. The Balaban J connectivity index is 1.49. The molecule has 7 heteroatoms. The van der Waals surface area contributed by atoms with Crippen molar-refractivity contribution in [2.24, 2.45) is 11.8 Å². The SMILES string of the molecule is COC(=O)C1(NC(=O)C2CCN(C(=O)COc3ccccc3)CC2)CCC(C)CC1. The Hall–Kier alpha value is -2.57. The molecule has 2 fully saturated rings. The van der Waals surface area contributed by atoms with Crippen LogP contribution in [-0.4, -0.2) is 55.0 Å². The summed E-state index contributed by atoms with van der Waals surface area (Å²) >= 11 is 0. The third-order valence-electron chi connectivity index (χ3n) is 6.39. The van der Waals surface area contributed by atoms with Crippen molar-refractivity contribution in [1.82, 2.24) is 10.2 Å². The van der Waals surface area contributed by atoms with E-state index in [0.717, 1.165) is 12.8 Å². The molecule has 3 rings (SSSR count). The van der Waals surface area contributed by atoms with Gasteiger partial charge in [-0.2, -0.15) is 0 Å². The fraction of sp³-hybridized carbons (Fsp3) is 0.609. The van der Waals surface area contributed by atoms with E-state index in [1.807, 2.05) is 30.3 Å². The summed E-state index contributed by atoms with van der Waals surface area (Å²) in [5.74, 6) is 0.466. The maximum absolute atomic E-state index is 12.9. The molecule has 1 saturated heterocycles. The number of nitrogens with zero attached hydrogens (tertiary/aromatic N) is 1. The lowest BCUT2D eigenvalue weighted by Crippen LogP contribution is -2.58. The van der Waals surface area contributed by atoms with Crippen LogP contribution in [0.15, 0.2) is 30.3 Å². The number of likely N-dealkylation sites (tertiary alicyclic amines) is 1. The molecule has 30 heavy (non-hydrogen) atoms. The van der Waals surface area contributed by atoms with Gasteiger partial charge in [0.25, 0.3) is 5.91 Å². The molecule has 164 valence electrons. The summed E-state index contributed by atoms with van der Waals surface area (Å²) in [6, 6.07) is 9.23. The second-order valence-corrected chi connectivity index (χ2v) is 8.50. The predicted octanol–water partition coefficient (Wildman–Crippen LogP) is 2.54. The number of piperidine rings is 1. The van der Waals surface area contributed by atoms with E-state index >= 15 is 0 Å². The second-order valence-electron chi connectivity index (χ2n) is 8.50. The lowest BCUT2D eigenvalue weighted by Gasteiger charge is -2.39. The van der Waals surface area contributed by atoms with Crippen molar-refractivity contribution in [3.05, 3.63) is 30.3 Å². The van der Waals surface area contributed by atoms with Crippen LogP contribution < -0.4 is 10.1 Å². The van der Waals surface area contributed by atoms with Gasteiger partial charge in [0.05, 0.1) is 7.11 Å². The lowest BCUT2D eigenvalue weighted by molar-refractivity contribution is -0.154. The van der Waals surface area contributed by atoms with Crippen LogP contribution in [0.25, 0.3) is 0 Å². The molecule has 1 aromatic rings. The number of methoxy groups -OCH3 is 1. The Kier molecular flexibility index (Phi) is 7.34. The largest absolute Gasteiger partial charge is 0.484 e. The van der Waals surface area contributed by atoms with Crippen molar-refractivity contribution in [1.29, 1.82) is 0 Å². The first-order valence-electron chi connectivity index (χ1n) is 10.8. The summed E-state index contributed by atoms with van der Waals surface area (Å²) in [7, 11) is 1.37. The van der Waals surface area contributed by atoms with Gasteiger partial charge in [0, 0.05) is 19.0 Å². The zero-order chi connectivity index (χ0) is 21.6. The first-order valence-corrected chi connectivity index (χ1v) is 10.8. The van der Waals surface area contributed by atoms with Crippen LogP contribution in [0, 0.1) is 11.8 Å². The van der Waals surface area contributed by atoms with Gasteiger partial charge in [0.15, 0.2) is 6.61 Å². The van der Waals surface area contributed by atoms with Crippen LogP contribution in [0.2, 0.25) is 0 Å². The summed E-state index contributed by atoms with van der Waals surface area (Å²) in [6.07, 6.45) is 4.17. The normalized spacial score (nSPS) is 24.7. The first-order chi connectivity index (χ1) is 14.4. The molecular formula is C23H32N2O5. The smallest absolute Gasteiger partial charge is 0.331 e. The van der Waals surface area contributed by atoms with E-state index in [1.165, 1.54) is 7.11 Å². The third-order valence-corrected chi connectivity index (χ3v) is 6.39. The molecule has 7 nitrogen and oxygen atoms in total. The fourth-order valence-electron chi connectivity index (χ4n) is 4.31. The van der Waals surface area contributed by atoms with E-state index in [1.54, 1.807) is 4.90 Å². The summed E-state index contributed by atoms with van der Waals surface area (Å²) in [6.45, 7) is 3.18. The number of ether oxygens (including phenoxy) is 2. The Bertz CT molecular complexity index is 735. The maximum Gasteiger partial charge on any atom is 0.331 e. The zero-order valence-electron chi connectivity index (χ0n) is 17.9. The Labute approximate surface area is 178 Å². The quantitative estimate of drug-likeness (QED) is 0.721. The minimum Gasteiger partial charge on any atom is -0.484 e. The molecular weight excluding hydrogens is 384 g/mol. The fourth-order valence-corrected chi connectivity index (χ4v) is 4.31. The number of carbonyl (C=O) groups is 3. The Morgan fingerprint density at radius 3 is 2.30 bits per heavy atom. The molecule has 0 radical (unpaired) electrons. The number of benzene rings is 1. The summed E-state index contributed by atoms with van der Waals surface area (Å²) in [4.78, 5) is 39.5. The highest BCUT2D eigenvalue weighted by atomic mass is 16.5. The third kappa shape index (κ3) is 5.32. The highest BCUT2D eigenvalue weighted by Crippen LogP contribution is 2.33. The van der Waals surface area contributed by atoms with Crippen molar-refractivity contribution < 1.29 is 23.9 Å². The number of carbonyl (C=O) groups excluding carboxylic acids is 3. The van der Waals surface area contributed by atoms with Gasteiger partial charge in [0.1, 0.15) is 11.3 Å². The van der Waals surface area contributed by atoms with Crippen LogP contribution in [-0.2, 0) is 19.1 Å². The van der Waals surface area contributed by atoms with Gasteiger partial charge < -0.3 is 19.7 Å². The molecule has 2 aliphatic rings. The van der Waals surface area contributed by atoms with Crippen LogP contribution in [0.1, 0.15) is 45.4 Å². The average molecular weight is 417 g/mol. The van der Waals surface area contributed by atoms with Crippen LogP contribution in [0.5, 0.6) is 5.75 Å². The molecule has 1 aliphatic heterocycles. The van der Waals surface area contributed by atoms with Crippen LogP contribution in [0.3, 0.4) is 0 Å². The first kappa shape index (κ1) is 22.1. The molecule has 0 aromatic heterocycles. The van der Waals surface area contributed by atoms with E-state index in [9.17, 15) is 14.4 Å². The number of nitrogens with one attached hydrogen (secondary N) is 1. The highest BCUT2D eigenvalue weighted by molar-refractivity contribution is 5.89. The van der Waals surface area contributed by atoms with Crippen LogP contribution >= 0.6 is 0 Å². The zero-order valence-corrected chi connectivity index (χ0v) is 17.9. The number of esters is 1. The average Bonchev–Trinajstić information content (AvgIpc) is 2.79. The van der Waals surface area contributed by atoms with E-state index in [0.29, 0.717) is 50.4 Å². The maximum atomic E-state index is 12.9. The van der Waals surface area contributed by atoms with Gasteiger partial charge >= 0.3 is 5.97 Å². The summed E-state index contributed by atoms with van der Waals surface area (Å²) in [5, 5.41) is 3.02. The summed E-state index contributed by atoms with van der Waals surface area (Å²) in [5.41, 5.74) is -0.908. The van der Waals surface area contributed by atoms with Crippen molar-refractivity contribution >= 4 is 17.8 Å². The molecule has 0 spiro atoms. The minimum atomic E-state index is -0.908. The van der Waals surface area contributed by atoms with Gasteiger partial charge in [-0.15, -0.1) is 0 Å². The van der Waals surface area contributed by atoms with E-state index in [-0.39, 0.29) is 30.3 Å². The molecule has 0 bridgehead atoms. The monoisotopic (exact) mass is 416 g/mol. The van der Waals surface area contributed by atoms with Crippen molar-refractivity contribution in [3.8, 4) is 5.75 Å². The van der Waals surface area contributed by atoms with Gasteiger partial charge in [-0.3, -0.25) is 9.59 Å². The number of amides is 2. The van der Waals surface area contributed by atoms with E-state index in [2.05, 4.69) is 12.2 Å². The Morgan fingerprint density at radius 1 is 1.07 bits per heavy atom. The molecule has 2 amide bonds. The van der Waals surface area contributed by atoms with Gasteiger partial charge in [-0.1, -0.05) is 25.1 Å². The molecule has 0 unspecified atom stereocenters. The topological polar surface area (TPSA) is 84.9 Å². The lowest BCUT2D eigenvalue weighted by atomic mass is 9.76. The minimum absolute atomic E-state index is 0.00941. The summed E-state index contributed by atoms with van der Waals surface area (Å²) < 4.78 is 10.5. The van der Waals surface area contributed by atoms with Crippen LogP contribution in [0.4, 0.5) is 0 Å². The Morgan fingerprint density at radius 2 is 1.70 bits per heavy atom. The second kappa shape index (κ2) is 9.96. The van der Waals surface area contributed by atoms with Gasteiger partial charge in [-0.25, -0.2) is 4.79 Å². The van der Waals surface area contributed by atoms with Crippen molar-refractivity contribution in [2.45, 2.75) is 51.0 Å². The molecule has 1 saturated carbocycles. The number of hydrogen-bond acceptors (Lipinski definition) is 5. The van der Waals surface area contributed by atoms with Crippen molar-refractivity contribution in [3.63, 3.8) is 0 Å². The molecule has 0 atom stereocenters. The van der Waals surface area contributed by atoms with Crippen molar-refractivity contribution in [2.75, 3.05) is 26.8 Å². The molecule has 1 N–H and O–H groups in total. The highest BCUT2D eigenvalue weighted by Gasteiger charge is 2.44. The number of para-hydroxylation sites is 1.